The Bertz CT molecular complexity index is 5970. The van der Waals surface area contributed by atoms with Crippen LogP contribution in [-0.4, -0.2) is 5.60 Å². The van der Waals surface area contributed by atoms with Crippen LogP contribution >= 0.6 is 0 Å². The molecule has 0 heterocycles. The van der Waals surface area contributed by atoms with Gasteiger partial charge in [0.1, 0.15) is 11.4 Å². The van der Waals surface area contributed by atoms with Crippen LogP contribution < -0.4 is 4.74 Å². The van der Waals surface area contributed by atoms with Crippen molar-refractivity contribution in [1.82, 2.24) is 0 Å². The van der Waals surface area contributed by atoms with E-state index in [-0.39, 0.29) is 21.8 Å². The third kappa shape index (κ3) is 8.45. The fraction of sp³-hybridized carbons (Fsp3) is 0.134. The highest BCUT2D eigenvalue weighted by atomic mass is 16.5. The second-order valence-corrected chi connectivity index (χ2v) is 30.5. The summed E-state index contributed by atoms with van der Waals surface area (Å²) < 4.78 is 6.26. The number of hydrogen-bond acceptors (Lipinski definition) is 1. The predicted octanol–water partition coefficient (Wildman–Crippen LogP) is 26.7. The highest BCUT2D eigenvalue weighted by Crippen LogP contribution is 2.58. The van der Waals surface area contributed by atoms with E-state index in [4.69, 9.17) is 4.74 Å². The van der Waals surface area contributed by atoms with Gasteiger partial charge in [-0.15, -0.1) is 0 Å². The van der Waals surface area contributed by atoms with Crippen molar-refractivity contribution in [1.29, 1.82) is 0 Å². The van der Waals surface area contributed by atoms with Gasteiger partial charge in [-0.2, -0.15) is 0 Å². The number of ether oxygens (including phenoxy) is 1. The lowest BCUT2D eigenvalue weighted by atomic mass is 9.78. The molecule has 468 valence electrons. The molecule has 0 amide bonds. The van der Waals surface area contributed by atoms with E-state index in [1.165, 1.54) is 198 Å². The summed E-state index contributed by atoms with van der Waals surface area (Å²) in [4.78, 5) is 0. The molecule has 19 rings (SSSR count). The van der Waals surface area contributed by atoms with Crippen molar-refractivity contribution in [3.8, 4) is 106 Å². The lowest BCUT2D eigenvalue weighted by Crippen LogP contribution is -2.22. The molecule has 1 nitrogen and oxygen atoms in total. The molecule has 1 heteroatoms. The summed E-state index contributed by atoms with van der Waals surface area (Å²) in [5, 5.41) is 15.1. The molecule has 0 atom stereocenters. The van der Waals surface area contributed by atoms with Gasteiger partial charge in [-0.05, 0) is 261 Å². The summed E-state index contributed by atoms with van der Waals surface area (Å²) in [6.45, 7) is 20.8. The monoisotopic (exact) mass is 1250 g/mol. The third-order valence-corrected chi connectivity index (χ3v) is 22.7. The molecule has 0 unspecified atom stereocenters. The van der Waals surface area contributed by atoms with E-state index in [2.05, 4.69) is 347 Å². The molecule has 16 aromatic rings. The number of hydrogen-bond donors (Lipinski definition) is 0. The van der Waals surface area contributed by atoms with Crippen molar-refractivity contribution in [3.05, 3.63) is 318 Å². The van der Waals surface area contributed by atoms with Crippen LogP contribution in [0.25, 0.3) is 165 Å². The van der Waals surface area contributed by atoms with Crippen molar-refractivity contribution >= 4 is 64.6 Å². The Labute approximate surface area is 574 Å². The minimum Gasteiger partial charge on any atom is -0.488 e. The average Bonchev–Trinajstić information content (AvgIpc) is 0.938. The van der Waals surface area contributed by atoms with Crippen LogP contribution in [0.3, 0.4) is 0 Å². The Hall–Kier alpha value is -11.1. The zero-order chi connectivity index (χ0) is 66.3. The Kier molecular flexibility index (Phi) is 12.4. The molecule has 0 saturated carbocycles. The van der Waals surface area contributed by atoms with Gasteiger partial charge in [0.15, 0.2) is 0 Å². The molecule has 0 aromatic heterocycles. The maximum absolute atomic E-state index is 6.26. The smallest absolute Gasteiger partial charge is 0.120 e. The van der Waals surface area contributed by atoms with Gasteiger partial charge in [-0.25, -0.2) is 0 Å². The van der Waals surface area contributed by atoms with Crippen LogP contribution in [-0.2, 0) is 16.2 Å². The van der Waals surface area contributed by atoms with Gasteiger partial charge in [0.05, 0.1) is 0 Å². The van der Waals surface area contributed by atoms with E-state index in [0.29, 0.717) is 0 Å². The van der Waals surface area contributed by atoms with E-state index in [1.807, 2.05) is 0 Å². The molecule has 98 heavy (non-hydrogen) atoms. The van der Waals surface area contributed by atoms with Crippen LogP contribution in [0, 0.1) is 0 Å². The molecule has 3 aliphatic rings. The fourth-order valence-corrected chi connectivity index (χ4v) is 18.2. The second kappa shape index (κ2) is 20.9. The Morgan fingerprint density at radius 2 is 0.418 bits per heavy atom. The van der Waals surface area contributed by atoms with Crippen molar-refractivity contribution in [2.45, 2.75) is 84.2 Å². The fourth-order valence-electron chi connectivity index (χ4n) is 18.2. The highest BCUT2D eigenvalue weighted by Gasteiger charge is 2.40. The van der Waals surface area contributed by atoms with Crippen LogP contribution in [0.1, 0.15) is 95.7 Å². The highest BCUT2D eigenvalue weighted by molar-refractivity contribution is 6.30. The summed E-state index contributed by atoms with van der Waals surface area (Å²) in [6, 6.07) is 109. The van der Waals surface area contributed by atoms with Gasteiger partial charge in [0.2, 0.25) is 0 Å². The van der Waals surface area contributed by atoms with Gasteiger partial charge in [-0.1, -0.05) is 284 Å². The minimum atomic E-state index is -0.272. The van der Waals surface area contributed by atoms with Crippen LogP contribution in [0.2, 0.25) is 0 Å². The SMILES string of the molecule is CC(C)(C)Oc1ccc(-c2c3ccccc3c(-c3ccc4c(c3)C(C)(C)c3cc(-c5ccc6c(c5)C(C)(C)c5cc(-c7c8ccccc8c(-c8c9ccccc9c(-c9ccc%10c(c9)C(C)(C)c9ccccc9-%10)c9ccccc89)c8ccccc78)ccc5-6)ccc3-4)c3ccccc23)cc1. The molecule has 16 aromatic carbocycles. The molecule has 3 aliphatic carbocycles. The van der Waals surface area contributed by atoms with Gasteiger partial charge < -0.3 is 4.74 Å². The minimum absolute atomic E-state index is 0.110. The summed E-state index contributed by atoms with van der Waals surface area (Å²) in [6.07, 6.45) is 0. The van der Waals surface area contributed by atoms with Crippen molar-refractivity contribution in [2.24, 2.45) is 0 Å². The van der Waals surface area contributed by atoms with E-state index in [1.54, 1.807) is 0 Å². The molecule has 0 N–H and O–H groups in total. The molecular weight excluding hydrogens is 1180 g/mol. The van der Waals surface area contributed by atoms with Crippen molar-refractivity contribution < 1.29 is 4.74 Å². The lowest BCUT2D eigenvalue weighted by molar-refractivity contribution is 0.131. The predicted molar refractivity (Wildman–Crippen MR) is 417 cm³/mol. The standard InChI is InChI=1S/C97H74O/c1-94(2,3)98-63-45-38-57(39-46-63)88-70-25-10-12-27-72(70)89(73-28-13-11-26-71(73)88)61-43-50-68-66-47-40-58(52-83(66)96(6,7)86(68)55-61)59-41-48-67-69-51-44-62(56-87(69)97(8,9)84(67)53-59)91-76-31-16-20-35-80(76)93(81-36-21-17-32-77(81)91)92-78-33-18-14-29-74(78)90(75-30-15-19-34-79(75)92)60-42-49-65-64-24-22-23-37-82(64)95(4,5)85(65)54-60/h10-56H,1-9H3. The Morgan fingerprint density at radius 3 is 0.714 bits per heavy atom. The van der Waals surface area contributed by atoms with Gasteiger partial charge in [-0.3, -0.25) is 0 Å². The zero-order valence-electron chi connectivity index (χ0n) is 57.0. The van der Waals surface area contributed by atoms with Crippen LogP contribution in [0.15, 0.2) is 285 Å². The first-order chi connectivity index (χ1) is 47.5. The Morgan fingerprint density at radius 1 is 0.204 bits per heavy atom. The number of benzene rings is 16. The third-order valence-electron chi connectivity index (χ3n) is 22.7. The number of rotatable bonds is 7. The summed E-state index contributed by atoms with van der Waals surface area (Å²) >= 11 is 0. The van der Waals surface area contributed by atoms with Gasteiger partial charge in [0.25, 0.3) is 0 Å². The number of fused-ring (bicyclic) bond motifs is 15. The van der Waals surface area contributed by atoms with E-state index in [0.717, 1.165) is 5.75 Å². The molecule has 0 radical (unpaired) electrons. The van der Waals surface area contributed by atoms with E-state index < -0.39 is 0 Å². The summed E-state index contributed by atoms with van der Waals surface area (Å²) in [5.74, 6) is 0.878. The van der Waals surface area contributed by atoms with Crippen molar-refractivity contribution in [3.63, 3.8) is 0 Å². The van der Waals surface area contributed by atoms with Crippen molar-refractivity contribution in [2.75, 3.05) is 0 Å². The maximum atomic E-state index is 6.26. The van der Waals surface area contributed by atoms with Gasteiger partial charge in [0, 0.05) is 16.2 Å². The summed E-state index contributed by atoms with van der Waals surface area (Å²) in [7, 11) is 0. The maximum Gasteiger partial charge on any atom is 0.120 e. The van der Waals surface area contributed by atoms with E-state index in [9.17, 15) is 0 Å². The van der Waals surface area contributed by atoms with E-state index >= 15 is 0 Å². The molecule has 0 aliphatic heterocycles. The second-order valence-electron chi connectivity index (χ2n) is 30.5. The average molecular weight is 1260 g/mol. The first-order valence-corrected chi connectivity index (χ1v) is 35.0. The van der Waals surface area contributed by atoms with Crippen LogP contribution in [0.5, 0.6) is 5.75 Å². The molecule has 0 spiro atoms. The first kappa shape index (κ1) is 58.3. The van der Waals surface area contributed by atoms with Crippen LogP contribution in [0.4, 0.5) is 0 Å². The first-order valence-electron chi connectivity index (χ1n) is 35.0. The quantitative estimate of drug-likeness (QED) is 0.145. The lowest BCUT2D eigenvalue weighted by Gasteiger charge is -2.25. The summed E-state index contributed by atoms with van der Waals surface area (Å²) in [5.41, 5.74) is 30.4. The molecular formula is C97H74O. The molecule has 0 fully saturated rings. The normalized spacial score (nSPS) is 14.4. The largest absolute Gasteiger partial charge is 0.488 e. The van der Waals surface area contributed by atoms with Gasteiger partial charge >= 0.3 is 0 Å². The molecule has 0 saturated heterocycles. The Balaban J connectivity index is 0.680. The molecule has 0 bridgehead atoms. The zero-order valence-corrected chi connectivity index (χ0v) is 57.0. The topological polar surface area (TPSA) is 9.23 Å².